The average Bonchev–Trinajstić information content (AvgIpc) is 2.88. The lowest BCUT2D eigenvalue weighted by Crippen LogP contribution is -2.45. The van der Waals surface area contributed by atoms with Crippen molar-refractivity contribution in [2.45, 2.75) is 26.3 Å². The van der Waals surface area contributed by atoms with Crippen molar-refractivity contribution in [2.75, 3.05) is 10.6 Å². The summed E-state index contributed by atoms with van der Waals surface area (Å²) >= 11 is 1.19. The molecule has 0 saturated carbocycles. The average molecular weight is 376 g/mol. The quantitative estimate of drug-likeness (QED) is 0.698. The summed E-state index contributed by atoms with van der Waals surface area (Å²) in [6.07, 6.45) is -1.14. The molecule has 26 heavy (non-hydrogen) atoms. The predicted molar refractivity (Wildman–Crippen MR) is 98.6 cm³/mol. The van der Waals surface area contributed by atoms with Gasteiger partial charge in [0.15, 0.2) is 16.7 Å². The Morgan fingerprint density at radius 3 is 2.65 bits per heavy atom. The van der Waals surface area contributed by atoms with Gasteiger partial charge in [-0.1, -0.05) is 11.3 Å². The van der Waals surface area contributed by atoms with Crippen molar-refractivity contribution in [1.82, 2.24) is 9.97 Å². The summed E-state index contributed by atoms with van der Waals surface area (Å²) in [5.74, 6) is -0.587. The van der Waals surface area contributed by atoms with Crippen LogP contribution in [0.5, 0.6) is 11.6 Å². The molecule has 0 aliphatic heterocycles. The van der Waals surface area contributed by atoms with Crippen LogP contribution in [-0.4, -0.2) is 26.7 Å². The molecule has 0 bridgehead atoms. The lowest BCUT2D eigenvalue weighted by atomic mass is 10.1. The van der Waals surface area contributed by atoms with Crippen molar-refractivity contribution in [3.63, 3.8) is 0 Å². The van der Waals surface area contributed by atoms with Crippen LogP contribution in [0.15, 0.2) is 30.3 Å². The zero-order valence-corrected chi connectivity index (χ0v) is 15.2. The van der Waals surface area contributed by atoms with Gasteiger partial charge < -0.3 is 15.6 Å². The second kappa shape index (κ2) is 6.41. The molecule has 0 spiro atoms. The smallest absolute Gasteiger partial charge is 0.412 e. The van der Waals surface area contributed by atoms with E-state index in [9.17, 15) is 14.3 Å². The zero-order chi connectivity index (χ0) is 19.1. The highest BCUT2D eigenvalue weighted by molar-refractivity contribution is 7.21. The molecule has 2 aromatic heterocycles. The van der Waals surface area contributed by atoms with E-state index >= 15 is 0 Å². The number of hydrogen-bond donors (Lipinski definition) is 2. The number of anilines is 2. The van der Waals surface area contributed by atoms with Gasteiger partial charge in [0.1, 0.15) is 10.3 Å². The maximum absolute atomic E-state index is 14.2. The van der Waals surface area contributed by atoms with E-state index in [2.05, 4.69) is 9.97 Å². The molecule has 0 unspecified atom stereocenters. The predicted octanol–water partition coefficient (Wildman–Crippen LogP) is 4.49. The number of nitrogens with zero attached hydrogens (tertiary/aromatic N) is 3. The van der Waals surface area contributed by atoms with Crippen molar-refractivity contribution >= 4 is 38.6 Å². The van der Waals surface area contributed by atoms with E-state index in [4.69, 9.17) is 10.5 Å². The monoisotopic (exact) mass is 376 g/mol. The number of aromatic nitrogens is 2. The molecule has 3 N–H and O–H groups in total. The van der Waals surface area contributed by atoms with Gasteiger partial charge in [0.2, 0.25) is 5.88 Å². The Hall–Kier alpha value is -2.94. The molecule has 2 heterocycles. The van der Waals surface area contributed by atoms with Gasteiger partial charge in [-0.15, -0.1) is 0 Å². The van der Waals surface area contributed by atoms with Gasteiger partial charge in [0.05, 0.1) is 5.69 Å². The van der Waals surface area contributed by atoms with Crippen LogP contribution in [0.3, 0.4) is 0 Å². The first-order chi connectivity index (χ1) is 12.1. The lowest BCUT2D eigenvalue weighted by molar-refractivity contribution is 0.195. The summed E-state index contributed by atoms with van der Waals surface area (Å²) in [7, 11) is 0. The van der Waals surface area contributed by atoms with Crippen molar-refractivity contribution < 1.29 is 19.0 Å². The molecule has 9 heteroatoms. The topological polar surface area (TPSA) is 102 Å². The van der Waals surface area contributed by atoms with Crippen LogP contribution >= 0.6 is 11.3 Å². The third-order valence-electron chi connectivity index (χ3n) is 3.50. The first-order valence-electron chi connectivity index (χ1n) is 7.69. The second-order valence-corrected chi connectivity index (χ2v) is 7.54. The fourth-order valence-electron chi connectivity index (χ4n) is 2.48. The fourth-order valence-corrected chi connectivity index (χ4v) is 3.18. The maximum atomic E-state index is 14.2. The Balaban J connectivity index is 1.97. The van der Waals surface area contributed by atoms with Crippen LogP contribution in [0.2, 0.25) is 0 Å². The minimum absolute atomic E-state index is 0.123. The highest BCUT2D eigenvalue weighted by atomic mass is 32.1. The summed E-state index contributed by atoms with van der Waals surface area (Å²) in [6.45, 7) is 5.23. The largest absolute Gasteiger partial charge is 0.465 e. The molecule has 0 atom stereocenters. The zero-order valence-electron chi connectivity index (χ0n) is 14.4. The number of thiazole rings is 1. The summed E-state index contributed by atoms with van der Waals surface area (Å²) in [6, 6.07) is 7.11. The van der Waals surface area contributed by atoms with Crippen LogP contribution in [0.25, 0.3) is 10.3 Å². The number of hydrogen-bond acceptors (Lipinski definition) is 6. The van der Waals surface area contributed by atoms with Gasteiger partial charge in [0, 0.05) is 17.7 Å². The van der Waals surface area contributed by atoms with E-state index in [1.54, 1.807) is 32.9 Å². The number of fused-ring (bicyclic) bond motifs is 1. The second-order valence-electron chi connectivity index (χ2n) is 6.53. The SMILES string of the molecule is CC(C)(C)N(C(=O)O)c1ccc(F)c(Oc2ccc3nc(N)sc3n2)c1. The minimum atomic E-state index is -1.14. The van der Waals surface area contributed by atoms with Crippen LogP contribution in [-0.2, 0) is 0 Å². The Morgan fingerprint density at radius 1 is 1.27 bits per heavy atom. The molecule has 0 aliphatic rings. The van der Waals surface area contributed by atoms with Crippen LogP contribution < -0.4 is 15.4 Å². The first kappa shape index (κ1) is 17.9. The summed E-state index contributed by atoms with van der Waals surface area (Å²) in [4.78, 5) is 21.7. The van der Waals surface area contributed by atoms with Crippen LogP contribution in [0.1, 0.15) is 20.8 Å². The highest BCUT2D eigenvalue weighted by Crippen LogP contribution is 2.32. The van der Waals surface area contributed by atoms with Crippen LogP contribution in [0, 0.1) is 5.82 Å². The number of rotatable bonds is 3. The summed E-state index contributed by atoms with van der Waals surface area (Å²) in [5.41, 5.74) is 5.85. The van der Waals surface area contributed by atoms with E-state index in [1.807, 2.05) is 0 Å². The Morgan fingerprint density at radius 2 is 2.00 bits per heavy atom. The highest BCUT2D eigenvalue weighted by Gasteiger charge is 2.28. The number of nitrogens with two attached hydrogens (primary N) is 1. The van der Waals surface area contributed by atoms with Gasteiger partial charge in [-0.25, -0.2) is 19.2 Å². The molecule has 0 fully saturated rings. The molecule has 1 aromatic carbocycles. The van der Waals surface area contributed by atoms with E-state index in [0.29, 0.717) is 21.2 Å². The number of amides is 1. The van der Waals surface area contributed by atoms with Gasteiger partial charge in [-0.3, -0.25) is 4.90 Å². The number of nitrogen functional groups attached to an aromatic ring is 1. The molecule has 0 saturated heterocycles. The van der Waals surface area contributed by atoms with E-state index in [-0.39, 0.29) is 11.6 Å². The van der Waals surface area contributed by atoms with Crippen molar-refractivity contribution in [2.24, 2.45) is 0 Å². The molecule has 1 amide bonds. The number of carboxylic acid groups (broad SMARTS) is 1. The molecule has 0 radical (unpaired) electrons. The van der Waals surface area contributed by atoms with Crippen molar-refractivity contribution in [1.29, 1.82) is 0 Å². The molecular formula is C17H17FN4O3S. The number of pyridine rings is 1. The number of carbonyl (C=O) groups is 1. The normalized spacial score (nSPS) is 11.5. The third kappa shape index (κ3) is 3.52. The Bertz CT molecular complexity index is 984. The third-order valence-corrected chi connectivity index (χ3v) is 4.29. The number of ether oxygens (including phenoxy) is 1. The number of benzene rings is 1. The van der Waals surface area contributed by atoms with E-state index in [0.717, 1.165) is 11.0 Å². The maximum Gasteiger partial charge on any atom is 0.412 e. The number of halogens is 1. The first-order valence-corrected chi connectivity index (χ1v) is 8.50. The Labute approximate surface area is 152 Å². The fraction of sp³-hybridized carbons (Fsp3) is 0.235. The van der Waals surface area contributed by atoms with Crippen molar-refractivity contribution in [3.05, 3.63) is 36.1 Å². The molecular weight excluding hydrogens is 359 g/mol. The van der Waals surface area contributed by atoms with E-state index < -0.39 is 17.4 Å². The molecule has 3 rings (SSSR count). The summed E-state index contributed by atoms with van der Waals surface area (Å²) in [5, 5.41) is 9.87. The molecule has 0 aliphatic carbocycles. The molecule has 7 nitrogen and oxygen atoms in total. The van der Waals surface area contributed by atoms with Gasteiger partial charge in [-0.05, 0) is 39.0 Å². The van der Waals surface area contributed by atoms with Gasteiger partial charge in [-0.2, -0.15) is 0 Å². The van der Waals surface area contributed by atoms with E-state index in [1.165, 1.54) is 23.5 Å². The summed E-state index contributed by atoms with van der Waals surface area (Å²) < 4.78 is 19.7. The van der Waals surface area contributed by atoms with Gasteiger partial charge in [0.25, 0.3) is 0 Å². The molecule has 136 valence electrons. The lowest BCUT2D eigenvalue weighted by Gasteiger charge is -2.33. The van der Waals surface area contributed by atoms with Crippen molar-refractivity contribution in [3.8, 4) is 11.6 Å². The van der Waals surface area contributed by atoms with Crippen LogP contribution in [0.4, 0.5) is 20.0 Å². The Kier molecular flexibility index (Phi) is 4.41. The minimum Gasteiger partial charge on any atom is -0.465 e. The van der Waals surface area contributed by atoms with Gasteiger partial charge >= 0.3 is 6.09 Å². The molecule has 3 aromatic rings. The standard InChI is InChI=1S/C17H17FN4O3S/c1-17(2,3)22(16(23)24)9-4-5-10(18)12(8-9)25-13-7-6-11-14(21-13)26-15(19)20-11/h4-8H,1-3H3,(H2,19,20)(H,23,24).